The number of benzene rings is 1. The van der Waals surface area contributed by atoms with Crippen molar-refractivity contribution in [1.29, 1.82) is 0 Å². The first kappa shape index (κ1) is 18.8. The third-order valence-corrected chi connectivity index (χ3v) is 3.69. The third-order valence-electron chi connectivity index (χ3n) is 3.69. The number of carbonyl (C=O) groups is 1. The van der Waals surface area contributed by atoms with Gasteiger partial charge in [0.2, 0.25) is 0 Å². The van der Waals surface area contributed by atoms with Gasteiger partial charge in [-0.25, -0.2) is 4.79 Å². The van der Waals surface area contributed by atoms with Gasteiger partial charge in [0.25, 0.3) is 0 Å². The highest BCUT2D eigenvalue weighted by atomic mass is 16.6. The molecule has 0 atom stereocenters. The van der Waals surface area contributed by atoms with Gasteiger partial charge in [0.1, 0.15) is 11.4 Å². The van der Waals surface area contributed by atoms with Crippen LogP contribution in [-0.2, 0) is 24.8 Å². The number of amides is 1. The van der Waals surface area contributed by atoms with Crippen molar-refractivity contribution in [3.05, 3.63) is 35.4 Å². The molecule has 1 heterocycles. The topological polar surface area (TPSA) is 81.1 Å². The van der Waals surface area contributed by atoms with Crippen molar-refractivity contribution in [3.8, 4) is 0 Å². The van der Waals surface area contributed by atoms with E-state index in [4.69, 9.17) is 4.74 Å². The molecule has 0 saturated carbocycles. The summed E-state index contributed by atoms with van der Waals surface area (Å²) >= 11 is 0. The highest BCUT2D eigenvalue weighted by Gasteiger charge is 2.16. The predicted molar refractivity (Wildman–Crippen MR) is 98.7 cm³/mol. The molecule has 25 heavy (non-hydrogen) atoms. The molecule has 1 amide bonds. The SMILES string of the molecule is CCc1nnc(CNc2cc(NC(=O)OC(C)(C)C)ccc2C)n1C. The number of hydrogen-bond donors (Lipinski definition) is 2. The van der Waals surface area contributed by atoms with Gasteiger partial charge in [-0.2, -0.15) is 0 Å². The average Bonchev–Trinajstić information content (AvgIpc) is 2.86. The van der Waals surface area contributed by atoms with Crippen LogP contribution in [0.2, 0.25) is 0 Å². The highest BCUT2D eigenvalue weighted by Crippen LogP contribution is 2.21. The first-order valence-corrected chi connectivity index (χ1v) is 8.41. The Morgan fingerprint density at radius 3 is 2.52 bits per heavy atom. The molecule has 0 aliphatic carbocycles. The Balaban J connectivity index is 2.05. The largest absolute Gasteiger partial charge is 0.444 e. The van der Waals surface area contributed by atoms with Crippen LogP contribution >= 0.6 is 0 Å². The lowest BCUT2D eigenvalue weighted by molar-refractivity contribution is 0.0636. The number of nitrogens with zero attached hydrogens (tertiary/aromatic N) is 3. The highest BCUT2D eigenvalue weighted by molar-refractivity contribution is 5.85. The van der Waals surface area contributed by atoms with E-state index in [-0.39, 0.29) is 0 Å². The van der Waals surface area contributed by atoms with Gasteiger partial charge >= 0.3 is 6.09 Å². The predicted octanol–water partition coefficient (Wildman–Crippen LogP) is 3.65. The fourth-order valence-corrected chi connectivity index (χ4v) is 2.35. The molecule has 0 bridgehead atoms. The number of aryl methyl sites for hydroxylation is 2. The minimum atomic E-state index is -0.530. The monoisotopic (exact) mass is 345 g/mol. The summed E-state index contributed by atoms with van der Waals surface area (Å²) in [6.45, 7) is 10.1. The van der Waals surface area contributed by atoms with E-state index in [1.54, 1.807) is 0 Å². The zero-order valence-corrected chi connectivity index (χ0v) is 15.8. The van der Waals surface area contributed by atoms with Crippen LogP contribution in [0, 0.1) is 6.92 Å². The van der Waals surface area contributed by atoms with Crippen molar-refractivity contribution < 1.29 is 9.53 Å². The van der Waals surface area contributed by atoms with Crippen molar-refractivity contribution >= 4 is 17.5 Å². The van der Waals surface area contributed by atoms with Crippen molar-refractivity contribution in [3.63, 3.8) is 0 Å². The van der Waals surface area contributed by atoms with Gasteiger partial charge < -0.3 is 14.6 Å². The van der Waals surface area contributed by atoms with Crippen molar-refractivity contribution in [1.82, 2.24) is 14.8 Å². The summed E-state index contributed by atoms with van der Waals surface area (Å²) in [4.78, 5) is 11.9. The van der Waals surface area contributed by atoms with Crippen LogP contribution in [0.3, 0.4) is 0 Å². The van der Waals surface area contributed by atoms with Crippen LogP contribution in [-0.4, -0.2) is 26.5 Å². The number of aromatic nitrogens is 3. The summed E-state index contributed by atoms with van der Waals surface area (Å²) in [7, 11) is 1.96. The van der Waals surface area contributed by atoms with E-state index in [9.17, 15) is 4.79 Å². The van der Waals surface area contributed by atoms with Crippen LogP contribution in [0.1, 0.15) is 44.9 Å². The van der Waals surface area contributed by atoms with Crippen molar-refractivity contribution in [2.75, 3.05) is 10.6 Å². The quantitative estimate of drug-likeness (QED) is 0.864. The molecule has 0 fully saturated rings. The maximum Gasteiger partial charge on any atom is 0.412 e. The number of hydrogen-bond acceptors (Lipinski definition) is 5. The van der Waals surface area contributed by atoms with Gasteiger partial charge in [0, 0.05) is 24.8 Å². The summed E-state index contributed by atoms with van der Waals surface area (Å²) in [6, 6.07) is 5.68. The molecular formula is C18H27N5O2. The first-order valence-electron chi connectivity index (χ1n) is 8.41. The molecule has 2 rings (SSSR count). The fourth-order valence-electron chi connectivity index (χ4n) is 2.35. The van der Waals surface area contributed by atoms with Crippen molar-refractivity contribution in [2.45, 2.75) is 53.2 Å². The molecular weight excluding hydrogens is 318 g/mol. The lowest BCUT2D eigenvalue weighted by atomic mass is 10.1. The average molecular weight is 345 g/mol. The Hall–Kier alpha value is -2.57. The standard InChI is InChI=1S/C18H27N5O2/c1-7-15-21-22-16(23(15)6)11-19-14-10-13(9-8-12(14)2)20-17(24)25-18(3,4)5/h8-10,19H,7,11H2,1-6H3,(H,20,24). The van der Waals surface area contributed by atoms with Gasteiger partial charge in [-0.1, -0.05) is 13.0 Å². The Bertz CT molecular complexity index is 746. The molecule has 2 N–H and O–H groups in total. The van der Waals surface area contributed by atoms with Gasteiger partial charge in [-0.15, -0.1) is 10.2 Å². The van der Waals surface area contributed by atoms with Crippen molar-refractivity contribution in [2.24, 2.45) is 7.05 Å². The summed E-state index contributed by atoms with van der Waals surface area (Å²) in [5.41, 5.74) is 2.15. The van der Waals surface area contributed by atoms with E-state index >= 15 is 0 Å². The van der Waals surface area contributed by atoms with E-state index < -0.39 is 11.7 Å². The molecule has 2 aromatic rings. The molecule has 1 aromatic carbocycles. The van der Waals surface area contributed by atoms with Gasteiger partial charge in [-0.05, 0) is 45.4 Å². The molecule has 0 unspecified atom stereocenters. The summed E-state index contributed by atoms with van der Waals surface area (Å²) in [5.74, 6) is 1.82. The minimum Gasteiger partial charge on any atom is -0.444 e. The first-order chi connectivity index (χ1) is 11.7. The number of rotatable bonds is 5. The molecule has 0 spiro atoms. The smallest absolute Gasteiger partial charge is 0.412 e. The van der Waals surface area contributed by atoms with Gasteiger partial charge in [0.05, 0.1) is 6.54 Å². The molecule has 7 heteroatoms. The van der Waals surface area contributed by atoms with E-state index in [1.165, 1.54) is 0 Å². The van der Waals surface area contributed by atoms with Crippen LogP contribution in [0.4, 0.5) is 16.2 Å². The minimum absolute atomic E-state index is 0.469. The molecule has 0 aliphatic rings. The number of carbonyl (C=O) groups excluding carboxylic acids is 1. The van der Waals surface area contributed by atoms with E-state index in [1.807, 2.05) is 57.5 Å². The Morgan fingerprint density at radius 2 is 1.92 bits per heavy atom. The fraction of sp³-hybridized carbons (Fsp3) is 0.500. The number of anilines is 2. The van der Waals surface area contributed by atoms with E-state index in [2.05, 4.69) is 27.8 Å². The van der Waals surface area contributed by atoms with Gasteiger partial charge in [-0.3, -0.25) is 5.32 Å². The zero-order chi connectivity index (χ0) is 18.6. The third kappa shape index (κ3) is 5.20. The zero-order valence-electron chi connectivity index (χ0n) is 15.8. The van der Waals surface area contributed by atoms with Gasteiger partial charge in [0.15, 0.2) is 5.82 Å². The summed E-state index contributed by atoms with van der Waals surface area (Å²) < 4.78 is 7.27. The maximum absolute atomic E-state index is 11.9. The second-order valence-corrected chi connectivity index (χ2v) is 6.96. The molecule has 7 nitrogen and oxygen atoms in total. The summed E-state index contributed by atoms with van der Waals surface area (Å²) in [5, 5.41) is 14.5. The molecule has 0 radical (unpaired) electrons. The second-order valence-electron chi connectivity index (χ2n) is 6.96. The van der Waals surface area contributed by atoms with Crippen LogP contribution in [0.25, 0.3) is 0 Å². The molecule has 136 valence electrons. The van der Waals surface area contributed by atoms with Crippen LogP contribution in [0.15, 0.2) is 18.2 Å². The Kier molecular flexibility index (Phi) is 5.66. The normalized spacial score (nSPS) is 11.3. The van der Waals surface area contributed by atoms with Crippen LogP contribution in [0.5, 0.6) is 0 Å². The van der Waals surface area contributed by atoms with Crippen LogP contribution < -0.4 is 10.6 Å². The van der Waals surface area contributed by atoms with E-state index in [0.717, 1.165) is 29.3 Å². The lowest BCUT2D eigenvalue weighted by Gasteiger charge is -2.20. The number of ether oxygens (including phenoxy) is 1. The summed E-state index contributed by atoms with van der Waals surface area (Å²) in [6.07, 6.45) is 0.376. The molecule has 1 aromatic heterocycles. The Morgan fingerprint density at radius 1 is 1.24 bits per heavy atom. The lowest BCUT2D eigenvalue weighted by Crippen LogP contribution is -2.27. The number of nitrogens with one attached hydrogen (secondary N) is 2. The maximum atomic E-state index is 11.9. The second kappa shape index (κ2) is 7.55. The van der Waals surface area contributed by atoms with E-state index in [0.29, 0.717) is 12.2 Å². The molecule has 0 saturated heterocycles. The molecule has 0 aliphatic heterocycles. The Labute approximate surface area is 148 Å².